The summed E-state index contributed by atoms with van der Waals surface area (Å²) >= 11 is 0. The van der Waals surface area contributed by atoms with E-state index in [2.05, 4.69) is 10.4 Å². The van der Waals surface area contributed by atoms with Gasteiger partial charge in [-0.25, -0.2) is 8.42 Å². The molecule has 0 aliphatic heterocycles. The quantitative estimate of drug-likeness (QED) is 0.869. The summed E-state index contributed by atoms with van der Waals surface area (Å²) in [6.07, 6.45) is 1.82. The van der Waals surface area contributed by atoms with Crippen LogP contribution in [0.25, 0.3) is 0 Å². The third-order valence-corrected chi connectivity index (χ3v) is 4.61. The minimum Gasteiger partial charge on any atom is -0.350 e. The van der Waals surface area contributed by atoms with Crippen molar-refractivity contribution in [3.8, 4) is 0 Å². The van der Waals surface area contributed by atoms with E-state index in [9.17, 15) is 13.2 Å². The van der Waals surface area contributed by atoms with Gasteiger partial charge < -0.3 is 5.32 Å². The molecule has 0 radical (unpaired) electrons. The van der Waals surface area contributed by atoms with E-state index in [0.717, 1.165) is 11.3 Å². The summed E-state index contributed by atoms with van der Waals surface area (Å²) in [5.41, 5.74) is 2.34. The molecule has 0 unspecified atom stereocenters. The number of benzene rings is 1. The number of hydrogen-bond acceptors (Lipinski definition) is 4. The zero-order valence-electron chi connectivity index (χ0n) is 13.5. The first-order valence-corrected chi connectivity index (χ1v) is 9.32. The molecule has 124 valence electrons. The molecule has 6 nitrogen and oxygen atoms in total. The number of nitrogens with zero attached hydrogens (tertiary/aromatic N) is 2. The predicted molar refractivity (Wildman–Crippen MR) is 88.2 cm³/mol. The summed E-state index contributed by atoms with van der Waals surface area (Å²) in [4.78, 5) is 12.5. The Morgan fingerprint density at radius 3 is 2.48 bits per heavy atom. The maximum absolute atomic E-state index is 12.2. The van der Waals surface area contributed by atoms with Crippen molar-refractivity contribution in [1.82, 2.24) is 15.1 Å². The smallest absolute Gasteiger partial charge is 0.269 e. The highest BCUT2D eigenvalue weighted by Crippen LogP contribution is 2.10. The highest BCUT2D eigenvalue weighted by Gasteiger charge is 2.12. The van der Waals surface area contributed by atoms with E-state index in [1.807, 2.05) is 13.8 Å². The molecule has 0 spiro atoms. The van der Waals surface area contributed by atoms with E-state index in [1.54, 1.807) is 35.0 Å². The van der Waals surface area contributed by atoms with Gasteiger partial charge in [0, 0.05) is 19.3 Å². The largest absolute Gasteiger partial charge is 0.350 e. The SMILES string of the molecule is CCn1nc(C)cc1C(=O)NCCc1ccc(S(C)(=O)=O)cc1. The van der Waals surface area contributed by atoms with Crippen LogP contribution >= 0.6 is 0 Å². The van der Waals surface area contributed by atoms with Gasteiger partial charge in [0.15, 0.2) is 9.84 Å². The monoisotopic (exact) mass is 335 g/mol. The van der Waals surface area contributed by atoms with Crippen molar-refractivity contribution in [3.05, 3.63) is 47.3 Å². The van der Waals surface area contributed by atoms with Crippen LogP contribution in [0.15, 0.2) is 35.2 Å². The van der Waals surface area contributed by atoms with Gasteiger partial charge in [0.05, 0.1) is 10.6 Å². The number of hydrogen-bond donors (Lipinski definition) is 1. The standard InChI is InChI=1S/C16H21N3O3S/c1-4-19-15(11-12(2)18-19)16(20)17-10-9-13-5-7-14(8-6-13)23(3,21)22/h5-8,11H,4,9-10H2,1-3H3,(H,17,20). The molecule has 23 heavy (non-hydrogen) atoms. The minimum atomic E-state index is -3.17. The summed E-state index contributed by atoms with van der Waals surface area (Å²) in [7, 11) is -3.17. The lowest BCUT2D eigenvalue weighted by Gasteiger charge is -2.07. The number of carbonyl (C=O) groups excluding carboxylic acids is 1. The summed E-state index contributed by atoms with van der Waals surface area (Å²) < 4.78 is 24.5. The van der Waals surface area contributed by atoms with Gasteiger partial charge in [0.2, 0.25) is 0 Å². The zero-order chi connectivity index (χ0) is 17.0. The van der Waals surface area contributed by atoms with Gasteiger partial charge in [-0.1, -0.05) is 12.1 Å². The zero-order valence-corrected chi connectivity index (χ0v) is 14.4. The number of sulfone groups is 1. The van der Waals surface area contributed by atoms with Gasteiger partial charge in [-0.15, -0.1) is 0 Å². The Morgan fingerprint density at radius 2 is 1.91 bits per heavy atom. The van der Waals surface area contributed by atoms with Crippen LogP contribution in [0.4, 0.5) is 0 Å². The van der Waals surface area contributed by atoms with Crippen LogP contribution in [0.1, 0.15) is 28.7 Å². The van der Waals surface area contributed by atoms with Crippen LogP contribution in [-0.2, 0) is 22.8 Å². The lowest BCUT2D eigenvalue weighted by molar-refractivity contribution is 0.0943. The average molecular weight is 335 g/mol. The summed E-state index contributed by atoms with van der Waals surface area (Å²) in [5.74, 6) is -0.153. The van der Waals surface area contributed by atoms with E-state index in [4.69, 9.17) is 0 Å². The first-order valence-electron chi connectivity index (χ1n) is 7.43. The molecule has 0 aliphatic carbocycles. The fraction of sp³-hybridized carbons (Fsp3) is 0.375. The lowest BCUT2D eigenvalue weighted by atomic mass is 10.1. The van der Waals surface area contributed by atoms with Crippen LogP contribution in [-0.4, -0.2) is 36.9 Å². The number of carbonyl (C=O) groups is 1. The van der Waals surface area contributed by atoms with Crippen molar-refractivity contribution in [3.63, 3.8) is 0 Å². The molecular formula is C16H21N3O3S. The Hall–Kier alpha value is -2.15. The van der Waals surface area contributed by atoms with Gasteiger partial charge in [0.1, 0.15) is 5.69 Å². The number of aryl methyl sites for hydroxylation is 2. The van der Waals surface area contributed by atoms with Crippen LogP contribution in [0.3, 0.4) is 0 Å². The summed E-state index contributed by atoms with van der Waals surface area (Å²) in [6, 6.07) is 8.47. The fourth-order valence-corrected chi connectivity index (χ4v) is 2.91. The normalized spacial score (nSPS) is 11.4. The number of amides is 1. The Balaban J connectivity index is 1.93. The molecule has 0 atom stereocenters. The van der Waals surface area contributed by atoms with Gasteiger partial charge >= 0.3 is 0 Å². The summed E-state index contributed by atoms with van der Waals surface area (Å²) in [5, 5.41) is 7.11. The minimum absolute atomic E-state index is 0.153. The molecule has 1 heterocycles. The van der Waals surface area contributed by atoms with Gasteiger partial charge in [-0.05, 0) is 44.0 Å². The summed E-state index contributed by atoms with van der Waals surface area (Å²) in [6.45, 7) is 4.91. The third-order valence-electron chi connectivity index (χ3n) is 3.49. The Kier molecular flexibility index (Phi) is 5.20. The van der Waals surface area contributed by atoms with Crippen LogP contribution < -0.4 is 5.32 Å². The lowest BCUT2D eigenvalue weighted by Crippen LogP contribution is -2.28. The number of nitrogens with one attached hydrogen (secondary N) is 1. The molecule has 0 bridgehead atoms. The first kappa shape index (κ1) is 17.2. The molecule has 1 amide bonds. The maximum atomic E-state index is 12.2. The second-order valence-electron chi connectivity index (χ2n) is 5.41. The van der Waals surface area contributed by atoms with E-state index >= 15 is 0 Å². The maximum Gasteiger partial charge on any atom is 0.269 e. The van der Waals surface area contributed by atoms with Crippen molar-refractivity contribution in [2.75, 3.05) is 12.8 Å². The van der Waals surface area contributed by atoms with Gasteiger partial charge in [0.25, 0.3) is 5.91 Å². The molecule has 0 aliphatic rings. The average Bonchev–Trinajstić information content (AvgIpc) is 2.88. The molecule has 2 aromatic rings. The van der Waals surface area contributed by atoms with Crippen LogP contribution in [0.5, 0.6) is 0 Å². The van der Waals surface area contributed by atoms with Crippen LogP contribution in [0.2, 0.25) is 0 Å². The van der Waals surface area contributed by atoms with E-state index in [1.165, 1.54) is 6.26 Å². The molecular weight excluding hydrogens is 314 g/mol. The fourth-order valence-electron chi connectivity index (χ4n) is 2.28. The highest BCUT2D eigenvalue weighted by atomic mass is 32.2. The Labute approximate surface area is 136 Å². The second kappa shape index (κ2) is 6.95. The van der Waals surface area contributed by atoms with Gasteiger partial charge in [-0.3, -0.25) is 9.48 Å². The van der Waals surface area contributed by atoms with Crippen molar-refractivity contribution in [2.24, 2.45) is 0 Å². The molecule has 1 aromatic heterocycles. The van der Waals surface area contributed by atoms with Crippen molar-refractivity contribution >= 4 is 15.7 Å². The third kappa shape index (κ3) is 4.41. The van der Waals surface area contributed by atoms with Gasteiger partial charge in [-0.2, -0.15) is 5.10 Å². The first-order chi connectivity index (χ1) is 10.8. The molecule has 1 N–H and O–H groups in total. The van der Waals surface area contributed by atoms with Crippen LogP contribution in [0, 0.1) is 6.92 Å². The molecule has 1 aromatic carbocycles. The molecule has 0 fully saturated rings. The van der Waals surface area contributed by atoms with Crippen molar-refractivity contribution in [1.29, 1.82) is 0 Å². The van der Waals surface area contributed by atoms with Crippen molar-refractivity contribution < 1.29 is 13.2 Å². The predicted octanol–water partition coefficient (Wildman–Crippen LogP) is 1.59. The van der Waals surface area contributed by atoms with E-state index in [0.29, 0.717) is 30.1 Å². The Bertz CT molecular complexity index is 792. The van der Waals surface area contributed by atoms with E-state index in [-0.39, 0.29) is 5.91 Å². The molecule has 0 saturated carbocycles. The Morgan fingerprint density at radius 1 is 1.26 bits per heavy atom. The topological polar surface area (TPSA) is 81.1 Å². The molecule has 0 saturated heterocycles. The molecule has 2 rings (SSSR count). The number of aromatic nitrogens is 2. The van der Waals surface area contributed by atoms with Crippen molar-refractivity contribution in [2.45, 2.75) is 31.7 Å². The number of rotatable bonds is 6. The molecule has 7 heteroatoms. The second-order valence-corrected chi connectivity index (χ2v) is 7.42. The highest BCUT2D eigenvalue weighted by molar-refractivity contribution is 7.90. The van der Waals surface area contributed by atoms with E-state index < -0.39 is 9.84 Å².